The number of nitrogens with zero attached hydrogens (tertiary/aromatic N) is 2. The highest BCUT2D eigenvalue weighted by molar-refractivity contribution is 6.01. The molecule has 0 unspecified atom stereocenters. The fourth-order valence-corrected chi connectivity index (χ4v) is 5.02. The molecule has 0 bridgehead atoms. The van der Waals surface area contributed by atoms with Crippen molar-refractivity contribution in [2.45, 2.75) is 64.6 Å². The fourth-order valence-electron chi connectivity index (χ4n) is 5.02. The molecular formula is C25H35N3O4. The highest BCUT2D eigenvalue weighted by atomic mass is 16.6. The number of oxime groups is 1. The highest BCUT2D eigenvalue weighted by Crippen LogP contribution is 2.39. The normalized spacial score (nSPS) is 24.8. The van der Waals surface area contributed by atoms with Gasteiger partial charge in [-0.2, -0.15) is 0 Å². The second-order valence-corrected chi connectivity index (χ2v) is 9.65. The summed E-state index contributed by atoms with van der Waals surface area (Å²) in [7, 11) is 0. The van der Waals surface area contributed by atoms with Crippen LogP contribution < -0.4 is 5.32 Å². The van der Waals surface area contributed by atoms with E-state index in [4.69, 9.17) is 9.57 Å². The number of carbonyl (C=O) groups is 2. The standard InChI is InChI=1S/C25H35N3O4/c1-18(2)23(29)28-12-10-25(11-13-28,24(30)26-17-20-9-6-14-31-20)16-21-15-22(27-32-21)19-7-4-3-5-8-19/h3-5,7-8,18,20-21H,6,9-17H2,1-2H3,(H,26,30)/t20-,21-/m1/s1. The van der Waals surface area contributed by atoms with Gasteiger partial charge in [0, 0.05) is 45.0 Å². The second-order valence-electron chi connectivity index (χ2n) is 9.65. The van der Waals surface area contributed by atoms with E-state index in [2.05, 4.69) is 10.5 Å². The first-order valence-electron chi connectivity index (χ1n) is 11.9. The molecule has 0 saturated carbocycles. The largest absolute Gasteiger partial charge is 0.392 e. The first-order valence-corrected chi connectivity index (χ1v) is 11.9. The minimum absolute atomic E-state index is 0.0316. The van der Waals surface area contributed by atoms with Gasteiger partial charge in [0.1, 0.15) is 6.10 Å². The smallest absolute Gasteiger partial charge is 0.226 e. The third-order valence-corrected chi connectivity index (χ3v) is 6.98. The van der Waals surface area contributed by atoms with Gasteiger partial charge in [0.05, 0.1) is 17.2 Å². The predicted octanol–water partition coefficient (Wildman–Crippen LogP) is 3.13. The molecule has 7 nitrogen and oxygen atoms in total. The van der Waals surface area contributed by atoms with E-state index in [1.54, 1.807) is 0 Å². The van der Waals surface area contributed by atoms with Gasteiger partial charge in [0.15, 0.2) is 0 Å². The minimum atomic E-state index is -0.557. The minimum Gasteiger partial charge on any atom is -0.392 e. The van der Waals surface area contributed by atoms with Crippen molar-refractivity contribution < 1.29 is 19.2 Å². The monoisotopic (exact) mass is 441 g/mol. The summed E-state index contributed by atoms with van der Waals surface area (Å²) in [5.74, 6) is 0.183. The van der Waals surface area contributed by atoms with Gasteiger partial charge in [-0.05, 0) is 31.2 Å². The molecule has 0 aliphatic carbocycles. The maximum Gasteiger partial charge on any atom is 0.226 e. The van der Waals surface area contributed by atoms with Gasteiger partial charge in [0.2, 0.25) is 11.8 Å². The van der Waals surface area contributed by atoms with Crippen molar-refractivity contribution in [1.82, 2.24) is 10.2 Å². The van der Waals surface area contributed by atoms with Crippen LogP contribution in [0.2, 0.25) is 0 Å². The number of hydrogen-bond acceptors (Lipinski definition) is 5. The van der Waals surface area contributed by atoms with Crippen molar-refractivity contribution in [3.63, 3.8) is 0 Å². The maximum absolute atomic E-state index is 13.5. The molecule has 3 aliphatic heterocycles. The zero-order valence-electron chi connectivity index (χ0n) is 19.2. The average molecular weight is 442 g/mol. The van der Waals surface area contributed by atoms with Crippen molar-refractivity contribution in [3.05, 3.63) is 35.9 Å². The summed E-state index contributed by atoms with van der Waals surface area (Å²) >= 11 is 0. The zero-order valence-corrected chi connectivity index (χ0v) is 19.2. The topological polar surface area (TPSA) is 80.2 Å². The Morgan fingerprint density at radius 3 is 2.59 bits per heavy atom. The summed E-state index contributed by atoms with van der Waals surface area (Å²) in [6.45, 7) is 6.37. The van der Waals surface area contributed by atoms with E-state index in [0.717, 1.165) is 30.7 Å². The van der Waals surface area contributed by atoms with Crippen molar-refractivity contribution in [1.29, 1.82) is 0 Å². The Bertz CT molecular complexity index is 825. The van der Waals surface area contributed by atoms with Gasteiger partial charge in [-0.1, -0.05) is 49.3 Å². The summed E-state index contributed by atoms with van der Waals surface area (Å²) in [4.78, 5) is 33.6. The van der Waals surface area contributed by atoms with E-state index in [1.165, 1.54) is 0 Å². The molecule has 0 aromatic heterocycles. The zero-order chi connectivity index (χ0) is 22.6. The van der Waals surface area contributed by atoms with Gasteiger partial charge in [-0.25, -0.2) is 0 Å². The molecule has 2 atom stereocenters. The number of piperidine rings is 1. The van der Waals surface area contributed by atoms with Crippen LogP contribution in [-0.4, -0.2) is 60.9 Å². The van der Waals surface area contributed by atoms with Crippen LogP contribution in [0.15, 0.2) is 35.5 Å². The van der Waals surface area contributed by atoms with Gasteiger partial charge < -0.3 is 19.8 Å². The van der Waals surface area contributed by atoms with Crippen LogP contribution in [0, 0.1) is 11.3 Å². The summed E-state index contributed by atoms with van der Waals surface area (Å²) < 4.78 is 5.68. The molecule has 0 radical (unpaired) electrons. The van der Waals surface area contributed by atoms with Crippen LogP contribution in [0.1, 0.15) is 57.9 Å². The van der Waals surface area contributed by atoms with E-state index in [1.807, 2.05) is 49.1 Å². The lowest BCUT2D eigenvalue weighted by atomic mass is 9.72. The van der Waals surface area contributed by atoms with Crippen molar-refractivity contribution in [3.8, 4) is 0 Å². The number of benzene rings is 1. The van der Waals surface area contributed by atoms with E-state index in [0.29, 0.717) is 45.3 Å². The number of nitrogens with one attached hydrogen (secondary N) is 1. The van der Waals surface area contributed by atoms with Crippen LogP contribution in [0.3, 0.4) is 0 Å². The number of carbonyl (C=O) groups excluding carboxylic acids is 2. The third kappa shape index (κ3) is 5.14. The molecule has 0 spiro atoms. The Labute approximate surface area is 190 Å². The molecule has 3 heterocycles. The summed E-state index contributed by atoms with van der Waals surface area (Å²) in [6, 6.07) is 10.0. The van der Waals surface area contributed by atoms with Crippen molar-refractivity contribution in [2.24, 2.45) is 16.5 Å². The molecule has 1 N–H and O–H groups in total. The Morgan fingerprint density at radius 2 is 1.94 bits per heavy atom. The van der Waals surface area contributed by atoms with E-state index in [9.17, 15) is 9.59 Å². The Balaban J connectivity index is 1.42. The fraction of sp³-hybridized carbons (Fsp3) is 0.640. The van der Waals surface area contributed by atoms with Crippen LogP contribution in [0.5, 0.6) is 0 Å². The van der Waals surface area contributed by atoms with E-state index >= 15 is 0 Å². The molecule has 3 aliphatic rings. The van der Waals surface area contributed by atoms with Crippen molar-refractivity contribution in [2.75, 3.05) is 26.2 Å². The van der Waals surface area contributed by atoms with Crippen LogP contribution >= 0.6 is 0 Å². The lowest BCUT2D eigenvalue weighted by Gasteiger charge is -2.42. The molecule has 2 saturated heterocycles. The van der Waals surface area contributed by atoms with Crippen LogP contribution in [-0.2, 0) is 19.2 Å². The summed E-state index contributed by atoms with van der Waals surface area (Å²) in [5, 5.41) is 7.48. The van der Waals surface area contributed by atoms with E-state index < -0.39 is 5.41 Å². The van der Waals surface area contributed by atoms with Crippen LogP contribution in [0.25, 0.3) is 0 Å². The third-order valence-electron chi connectivity index (χ3n) is 6.98. The highest BCUT2D eigenvalue weighted by Gasteiger charge is 2.45. The molecular weight excluding hydrogens is 406 g/mol. The molecule has 32 heavy (non-hydrogen) atoms. The lowest BCUT2D eigenvalue weighted by Crippen LogP contribution is -2.52. The number of rotatable bonds is 7. The molecule has 1 aromatic rings. The van der Waals surface area contributed by atoms with Gasteiger partial charge in [-0.3, -0.25) is 9.59 Å². The quantitative estimate of drug-likeness (QED) is 0.705. The summed E-state index contributed by atoms with van der Waals surface area (Å²) in [5.41, 5.74) is 1.43. The summed E-state index contributed by atoms with van der Waals surface area (Å²) in [6.07, 6.45) is 4.60. The number of ether oxygens (including phenoxy) is 1. The number of amides is 2. The predicted molar refractivity (Wildman–Crippen MR) is 122 cm³/mol. The molecule has 174 valence electrons. The second kappa shape index (κ2) is 10.0. The van der Waals surface area contributed by atoms with Gasteiger partial charge >= 0.3 is 0 Å². The first-order chi connectivity index (χ1) is 15.5. The molecule has 2 amide bonds. The maximum atomic E-state index is 13.5. The van der Waals surface area contributed by atoms with E-state index in [-0.39, 0.29) is 29.9 Å². The van der Waals surface area contributed by atoms with Crippen LogP contribution in [0.4, 0.5) is 0 Å². The molecule has 2 fully saturated rings. The Kier molecular flexibility index (Phi) is 7.13. The average Bonchev–Trinajstić information content (AvgIpc) is 3.50. The lowest BCUT2D eigenvalue weighted by molar-refractivity contribution is -0.144. The molecule has 4 rings (SSSR count). The number of likely N-dealkylation sites (tertiary alicyclic amines) is 1. The molecule has 1 aromatic carbocycles. The molecule has 7 heteroatoms. The van der Waals surface area contributed by atoms with Crippen molar-refractivity contribution >= 4 is 17.5 Å². The Morgan fingerprint density at radius 1 is 1.19 bits per heavy atom. The van der Waals surface area contributed by atoms with Gasteiger partial charge in [0.25, 0.3) is 0 Å². The first kappa shape index (κ1) is 22.8. The SMILES string of the molecule is CC(C)C(=O)N1CCC(C[C@H]2CC(c3ccccc3)=NO2)(C(=O)NC[C@H]2CCCO2)CC1. The van der Waals surface area contributed by atoms with Gasteiger partial charge in [-0.15, -0.1) is 0 Å². The number of hydrogen-bond donors (Lipinski definition) is 1. The Hall–Kier alpha value is -2.41.